The maximum atomic E-state index is 9.07. The smallest absolute Gasteiger partial charge is 0.158 e. The molecule has 0 radical (unpaired) electrons. The summed E-state index contributed by atoms with van der Waals surface area (Å²) in [4.78, 5) is 4.45. The number of benzene rings is 1. The molecule has 94 valence electrons. The van der Waals surface area contributed by atoms with Crippen molar-refractivity contribution < 1.29 is 4.74 Å². The first kappa shape index (κ1) is 11.5. The number of hydrazine groups is 1. The lowest BCUT2D eigenvalue weighted by Gasteiger charge is -2.07. The number of hydrogen-bond acceptors (Lipinski definition) is 5. The molecule has 5 nitrogen and oxygen atoms in total. The topological polar surface area (TPSA) is 84.0 Å². The highest BCUT2D eigenvalue weighted by molar-refractivity contribution is 5.77. The van der Waals surface area contributed by atoms with Crippen LogP contribution in [0.15, 0.2) is 24.3 Å². The van der Waals surface area contributed by atoms with Crippen LogP contribution in [0.5, 0.6) is 5.75 Å². The first-order chi connectivity index (χ1) is 9.26. The second kappa shape index (κ2) is 4.26. The van der Waals surface area contributed by atoms with Crippen LogP contribution in [0.1, 0.15) is 16.7 Å². The van der Waals surface area contributed by atoms with Gasteiger partial charge in [-0.05, 0) is 29.3 Å². The molecule has 0 bridgehead atoms. The third-order valence-electron chi connectivity index (χ3n) is 3.31. The number of nitrogens with two attached hydrogens (primary N) is 1. The summed E-state index contributed by atoms with van der Waals surface area (Å²) in [7, 11) is 1.64. The van der Waals surface area contributed by atoms with E-state index in [9.17, 15) is 0 Å². The zero-order valence-electron chi connectivity index (χ0n) is 10.4. The number of nitrogens with zero attached hydrogens (tertiary/aromatic N) is 2. The minimum Gasteiger partial charge on any atom is -0.497 e. The van der Waals surface area contributed by atoms with E-state index in [-0.39, 0.29) is 0 Å². The van der Waals surface area contributed by atoms with Gasteiger partial charge < -0.3 is 10.2 Å². The SMILES string of the molecule is COc1ccc2c(c1)-c1nc(NN)c(C#N)cc1C2. The van der Waals surface area contributed by atoms with Gasteiger partial charge in [-0.3, -0.25) is 0 Å². The Labute approximate surface area is 110 Å². The molecule has 0 atom stereocenters. The van der Waals surface area contributed by atoms with Crippen molar-refractivity contribution in [2.45, 2.75) is 6.42 Å². The molecule has 0 spiro atoms. The van der Waals surface area contributed by atoms with Crippen molar-refractivity contribution in [1.82, 2.24) is 4.98 Å². The lowest BCUT2D eigenvalue weighted by atomic mass is 10.1. The molecule has 19 heavy (non-hydrogen) atoms. The van der Waals surface area contributed by atoms with E-state index in [1.54, 1.807) is 7.11 Å². The van der Waals surface area contributed by atoms with Gasteiger partial charge in [-0.2, -0.15) is 5.26 Å². The molecule has 3 rings (SSSR count). The largest absolute Gasteiger partial charge is 0.497 e. The number of fused-ring (bicyclic) bond motifs is 3. The summed E-state index contributed by atoms with van der Waals surface area (Å²) in [5.74, 6) is 6.60. The van der Waals surface area contributed by atoms with E-state index in [1.165, 1.54) is 5.56 Å². The van der Waals surface area contributed by atoms with E-state index in [0.717, 1.165) is 29.0 Å². The molecule has 2 aromatic rings. The van der Waals surface area contributed by atoms with E-state index in [0.29, 0.717) is 11.4 Å². The molecule has 1 heterocycles. The van der Waals surface area contributed by atoms with Crippen LogP contribution in [0.25, 0.3) is 11.3 Å². The van der Waals surface area contributed by atoms with E-state index in [1.807, 2.05) is 24.3 Å². The predicted molar refractivity (Wildman–Crippen MR) is 71.6 cm³/mol. The number of hydrogen-bond donors (Lipinski definition) is 2. The number of nitrogens with one attached hydrogen (secondary N) is 1. The lowest BCUT2D eigenvalue weighted by Crippen LogP contribution is -2.11. The van der Waals surface area contributed by atoms with Crippen LogP contribution in [0, 0.1) is 11.3 Å². The molecule has 5 heteroatoms. The van der Waals surface area contributed by atoms with Gasteiger partial charge in [0.2, 0.25) is 0 Å². The molecule has 0 amide bonds. The van der Waals surface area contributed by atoms with E-state index in [4.69, 9.17) is 15.8 Å². The van der Waals surface area contributed by atoms with Gasteiger partial charge in [0.1, 0.15) is 11.8 Å². The Morgan fingerprint density at radius 2 is 2.21 bits per heavy atom. The highest BCUT2D eigenvalue weighted by Crippen LogP contribution is 2.38. The van der Waals surface area contributed by atoms with Gasteiger partial charge >= 0.3 is 0 Å². The van der Waals surface area contributed by atoms with Gasteiger partial charge in [-0.15, -0.1) is 0 Å². The Balaban J connectivity index is 2.20. The Bertz CT molecular complexity index is 703. The Morgan fingerprint density at radius 1 is 1.37 bits per heavy atom. The van der Waals surface area contributed by atoms with Crippen molar-refractivity contribution in [3.63, 3.8) is 0 Å². The summed E-state index contributed by atoms with van der Waals surface area (Å²) in [6.07, 6.45) is 0.779. The second-order valence-electron chi connectivity index (χ2n) is 4.35. The Hall–Kier alpha value is -2.58. The molecule has 1 aliphatic carbocycles. The van der Waals surface area contributed by atoms with Gasteiger partial charge in [-0.25, -0.2) is 10.8 Å². The van der Waals surface area contributed by atoms with Gasteiger partial charge in [0.15, 0.2) is 5.82 Å². The van der Waals surface area contributed by atoms with Crippen molar-refractivity contribution in [3.8, 4) is 23.1 Å². The summed E-state index contributed by atoms with van der Waals surface area (Å²) in [5.41, 5.74) is 7.05. The normalized spacial score (nSPS) is 11.4. The fourth-order valence-electron chi connectivity index (χ4n) is 2.38. The maximum Gasteiger partial charge on any atom is 0.158 e. The van der Waals surface area contributed by atoms with Crippen LogP contribution in [0.3, 0.4) is 0 Å². The Kier molecular flexibility index (Phi) is 2.58. The summed E-state index contributed by atoms with van der Waals surface area (Å²) in [6, 6.07) is 9.85. The summed E-state index contributed by atoms with van der Waals surface area (Å²) < 4.78 is 5.24. The van der Waals surface area contributed by atoms with Crippen LogP contribution in [-0.2, 0) is 6.42 Å². The molecule has 0 saturated carbocycles. The van der Waals surface area contributed by atoms with Crippen LogP contribution >= 0.6 is 0 Å². The van der Waals surface area contributed by atoms with E-state index >= 15 is 0 Å². The number of anilines is 1. The molecule has 1 aromatic heterocycles. The molecule has 1 aliphatic rings. The average molecular weight is 252 g/mol. The van der Waals surface area contributed by atoms with Crippen LogP contribution in [0.4, 0.5) is 5.82 Å². The molecule has 1 aromatic carbocycles. The minimum absolute atomic E-state index is 0.400. The molecule has 0 fully saturated rings. The number of nitrogen functional groups attached to an aromatic ring is 1. The van der Waals surface area contributed by atoms with Gasteiger partial charge in [0, 0.05) is 12.0 Å². The standard InChI is InChI=1S/C14H12N4O/c1-19-11-3-2-8-4-9-5-10(7-15)14(18-16)17-13(9)12(8)6-11/h2-3,5-6H,4,16H2,1H3,(H,17,18). The fraction of sp³-hybridized carbons (Fsp3) is 0.143. The average Bonchev–Trinajstić information content (AvgIpc) is 2.82. The molecule has 0 unspecified atom stereocenters. The van der Waals surface area contributed by atoms with Crippen LogP contribution in [-0.4, -0.2) is 12.1 Å². The number of aromatic nitrogens is 1. The Morgan fingerprint density at radius 3 is 2.89 bits per heavy atom. The van der Waals surface area contributed by atoms with Crippen molar-refractivity contribution in [2.24, 2.45) is 5.84 Å². The molecule has 3 N–H and O–H groups in total. The maximum absolute atomic E-state index is 9.07. The van der Waals surface area contributed by atoms with Crippen molar-refractivity contribution in [2.75, 3.05) is 12.5 Å². The summed E-state index contributed by atoms with van der Waals surface area (Å²) >= 11 is 0. The zero-order chi connectivity index (χ0) is 13.4. The highest BCUT2D eigenvalue weighted by atomic mass is 16.5. The summed E-state index contributed by atoms with van der Waals surface area (Å²) in [5, 5.41) is 9.07. The second-order valence-corrected chi connectivity index (χ2v) is 4.35. The van der Waals surface area contributed by atoms with Gasteiger partial charge in [-0.1, -0.05) is 6.07 Å². The van der Waals surface area contributed by atoms with Crippen molar-refractivity contribution in [1.29, 1.82) is 5.26 Å². The first-order valence-corrected chi connectivity index (χ1v) is 5.84. The third-order valence-corrected chi connectivity index (χ3v) is 3.31. The molecule has 0 saturated heterocycles. The molecular weight excluding hydrogens is 240 g/mol. The van der Waals surface area contributed by atoms with Crippen LogP contribution < -0.4 is 16.0 Å². The summed E-state index contributed by atoms with van der Waals surface area (Å²) in [6.45, 7) is 0. The number of methoxy groups -OCH3 is 1. The van der Waals surface area contributed by atoms with Crippen molar-refractivity contribution >= 4 is 5.82 Å². The van der Waals surface area contributed by atoms with Crippen LogP contribution in [0.2, 0.25) is 0 Å². The fourth-order valence-corrected chi connectivity index (χ4v) is 2.38. The first-order valence-electron chi connectivity index (χ1n) is 5.84. The van der Waals surface area contributed by atoms with Gasteiger partial charge in [0.25, 0.3) is 0 Å². The number of nitriles is 1. The highest BCUT2D eigenvalue weighted by Gasteiger charge is 2.22. The zero-order valence-corrected chi connectivity index (χ0v) is 10.4. The molecule has 0 aliphatic heterocycles. The van der Waals surface area contributed by atoms with Crippen molar-refractivity contribution in [3.05, 3.63) is 41.0 Å². The minimum atomic E-state index is 0.400. The number of ether oxygens (including phenoxy) is 1. The van der Waals surface area contributed by atoms with Gasteiger partial charge in [0.05, 0.1) is 18.4 Å². The number of rotatable bonds is 2. The third kappa shape index (κ3) is 1.70. The number of pyridine rings is 1. The monoisotopic (exact) mass is 252 g/mol. The lowest BCUT2D eigenvalue weighted by molar-refractivity contribution is 0.415. The van der Waals surface area contributed by atoms with E-state index in [2.05, 4.69) is 16.5 Å². The van der Waals surface area contributed by atoms with E-state index < -0.39 is 0 Å². The molecular formula is C14H12N4O. The predicted octanol–water partition coefficient (Wildman–Crippen LogP) is 1.82. The quantitative estimate of drug-likeness (QED) is 0.537.